The van der Waals surface area contributed by atoms with Crippen LogP contribution in [0.4, 0.5) is 5.69 Å². The highest BCUT2D eigenvalue weighted by Gasteiger charge is 2.17. The molecule has 21 heavy (non-hydrogen) atoms. The first-order chi connectivity index (χ1) is 9.82. The number of nitrogens with two attached hydrogens (primary N) is 1. The minimum Gasteiger partial charge on any atom is -0.486 e. The van der Waals surface area contributed by atoms with Crippen molar-refractivity contribution in [1.29, 1.82) is 0 Å². The first-order valence-electron chi connectivity index (χ1n) is 5.99. The van der Waals surface area contributed by atoms with Crippen molar-refractivity contribution < 1.29 is 22.7 Å². The van der Waals surface area contributed by atoms with Crippen LogP contribution in [-0.2, 0) is 19.6 Å². The zero-order chi connectivity index (χ0) is 15.9. The summed E-state index contributed by atoms with van der Waals surface area (Å²) in [5.41, 5.74) is 5.57. The smallest absolute Gasteiger partial charge is 0.323 e. The number of carbonyl (C=O) groups is 1. The molecule has 7 nitrogen and oxygen atoms in total. The Labute approximate surface area is 128 Å². The Morgan fingerprint density at radius 3 is 2.76 bits per heavy atom. The minimum atomic E-state index is -3.83. The van der Waals surface area contributed by atoms with E-state index in [1.54, 1.807) is 19.1 Å². The summed E-state index contributed by atoms with van der Waals surface area (Å²) >= 11 is 4.68. The summed E-state index contributed by atoms with van der Waals surface area (Å²) in [6.45, 7) is 1.77. The highest BCUT2D eigenvalue weighted by Crippen LogP contribution is 2.18. The number of hydrogen-bond donors (Lipinski definition) is 2. The summed E-state index contributed by atoms with van der Waals surface area (Å²) in [4.78, 5) is 11.4. The lowest BCUT2D eigenvalue weighted by Crippen LogP contribution is -2.24. The number of benzene rings is 1. The average molecular weight is 332 g/mol. The van der Waals surface area contributed by atoms with E-state index in [0.29, 0.717) is 5.75 Å². The predicted octanol–water partition coefficient (Wildman–Crippen LogP) is 0.656. The molecule has 0 fully saturated rings. The third kappa shape index (κ3) is 6.91. The molecule has 0 atom stereocenters. The largest absolute Gasteiger partial charge is 0.486 e. The summed E-state index contributed by atoms with van der Waals surface area (Å²) in [6, 6.07) is 6.20. The van der Waals surface area contributed by atoms with Crippen molar-refractivity contribution in [3.05, 3.63) is 24.3 Å². The van der Waals surface area contributed by atoms with Gasteiger partial charge in [-0.25, -0.2) is 8.42 Å². The van der Waals surface area contributed by atoms with Gasteiger partial charge in [-0.15, -0.1) is 0 Å². The Hall–Kier alpha value is -1.87. The van der Waals surface area contributed by atoms with Gasteiger partial charge in [0, 0.05) is 6.07 Å². The Kier molecular flexibility index (Phi) is 6.38. The van der Waals surface area contributed by atoms with Crippen molar-refractivity contribution in [3.8, 4) is 5.75 Å². The van der Waals surface area contributed by atoms with Gasteiger partial charge in [0.05, 0.1) is 12.3 Å². The van der Waals surface area contributed by atoms with Crippen molar-refractivity contribution in [2.75, 3.05) is 23.7 Å². The van der Waals surface area contributed by atoms with Gasteiger partial charge in [0.15, 0.2) is 5.75 Å². The second-order valence-electron chi connectivity index (χ2n) is 3.95. The zero-order valence-corrected chi connectivity index (χ0v) is 13.0. The second kappa shape index (κ2) is 7.79. The molecule has 3 N–H and O–H groups in total. The van der Waals surface area contributed by atoms with Gasteiger partial charge in [0.25, 0.3) is 0 Å². The Bertz CT molecular complexity index is 616. The highest BCUT2D eigenvalue weighted by molar-refractivity contribution is 7.93. The van der Waals surface area contributed by atoms with E-state index in [2.05, 4.69) is 21.7 Å². The first-order valence-corrected chi connectivity index (χ1v) is 8.05. The van der Waals surface area contributed by atoms with Crippen LogP contribution < -0.4 is 15.2 Å². The maximum Gasteiger partial charge on any atom is 0.323 e. The molecule has 0 spiro atoms. The number of nitrogens with one attached hydrogen (secondary N) is 1. The molecule has 0 radical (unpaired) electrons. The maximum absolute atomic E-state index is 11.8. The molecule has 1 rings (SSSR count). The van der Waals surface area contributed by atoms with Gasteiger partial charge in [-0.05, 0) is 19.1 Å². The second-order valence-corrected chi connectivity index (χ2v) is 6.20. The number of hydrogen-bond acceptors (Lipinski definition) is 6. The molecule has 0 aliphatic rings. The highest BCUT2D eigenvalue weighted by atomic mass is 32.2. The normalized spacial score (nSPS) is 10.7. The van der Waals surface area contributed by atoms with Gasteiger partial charge in [-0.3, -0.25) is 9.52 Å². The lowest BCUT2D eigenvalue weighted by atomic mass is 10.3. The third-order valence-corrected chi connectivity index (χ3v) is 3.38. The fourth-order valence-electron chi connectivity index (χ4n) is 1.38. The summed E-state index contributed by atoms with van der Waals surface area (Å²) in [5, 5.41) is 0. The van der Waals surface area contributed by atoms with E-state index in [-0.39, 0.29) is 23.9 Å². The number of esters is 1. The maximum atomic E-state index is 11.8. The van der Waals surface area contributed by atoms with Crippen LogP contribution in [0.5, 0.6) is 5.75 Å². The molecule has 0 saturated carbocycles. The number of rotatable bonds is 8. The number of sulfonamides is 1. The zero-order valence-electron chi connectivity index (χ0n) is 11.4. The lowest BCUT2D eigenvalue weighted by molar-refractivity contribution is -0.139. The lowest BCUT2D eigenvalue weighted by Gasteiger charge is -2.10. The number of carbonyl (C=O) groups excluding carboxylic acids is 1. The van der Waals surface area contributed by atoms with Crippen LogP contribution in [0.3, 0.4) is 0 Å². The molecule has 0 unspecified atom stereocenters. The summed E-state index contributed by atoms with van der Waals surface area (Å²) < 4.78 is 35.6. The molecule has 0 aliphatic heterocycles. The fraction of sp³-hybridized carbons (Fsp3) is 0.333. The van der Waals surface area contributed by atoms with Gasteiger partial charge < -0.3 is 15.2 Å². The van der Waals surface area contributed by atoms with Crippen LogP contribution in [-0.4, -0.2) is 38.3 Å². The van der Waals surface area contributed by atoms with Gasteiger partial charge in [-0.1, -0.05) is 18.3 Å². The Morgan fingerprint density at radius 1 is 1.43 bits per heavy atom. The van der Waals surface area contributed by atoms with Crippen molar-refractivity contribution in [3.63, 3.8) is 0 Å². The SMILES string of the molecule is CCOC(=O)CS(=O)(=O)Nc1cccc(OCC(N)=S)c1. The van der Waals surface area contributed by atoms with Crippen molar-refractivity contribution in [1.82, 2.24) is 0 Å². The molecule has 0 amide bonds. The fourth-order valence-corrected chi connectivity index (χ4v) is 2.39. The topological polar surface area (TPSA) is 108 Å². The molecule has 0 saturated heterocycles. The molecule has 1 aromatic carbocycles. The van der Waals surface area contributed by atoms with Gasteiger partial charge >= 0.3 is 5.97 Å². The van der Waals surface area contributed by atoms with Crippen molar-refractivity contribution in [2.45, 2.75) is 6.92 Å². The minimum absolute atomic E-state index is 0.0500. The van der Waals surface area contributed by atoms with E-state index < -0.39 is 21.7 Å². The van der Waals surface area contributed by atoms with E-state index in [1.165, 1.54) is 12.1 Å². The van der Waals surface area contributed by atoms with Crippen molar-refractivity contribution in [2.24, 2.45) is 5.73 Å². The van der Waals surface area contributed by atoms with Crippen LogP contribution in [0, 0.1) is 0 Å². The van der Waals surface area contributed by atoms with Crippen LogP contribution >= 0.6 is 12.2 Å². The molecule has 0 aromatic heterocycles. The van der Waals surface area contributed by atoms with Gasteiger partial charge in [0.1, 0.15) is 17.3 Å². The van der Waals surface area contributed by atoms with Crippen LogP contribution in [0.2, 0.25) is 0 Å². The van der Waals surface area contributed by atoms with Gasteiger partial charge in [0.2, 0.25) is 10.0 Å². The molecule has 0 bridgehead atoms. The average Bonchev–Trinajstić information content (AvgIpc) is 2.35. The van der Waals surface area contributed by atoms with E-state index in [1.807, 2.05) is 0 Å². The predicted molar refractivity (Wildman–Crippen MR) is 82.8 cm³/mol. The molecule has 9 heteroatoms. The quantitative estimate of drug-likeness (QED) is 0.532. The molecule has 1 aromatic rings. The monoisotopic (exact) mass is 332 g/mol. The van der Waals surface area contributed by atoms with E-state index in [0.717, 1.165) is 0 Å². The molecule has 0 aliphatic carbocycles. The molecular weight excluding hydrogens is 316 g/mol. The molecular formula is C12H16N2O5S2. The summed E-state index contributed by atoms with van der Waals surface area (Å²) in [7, 11) is -3.83. The summed E-state index contributed by atoms with van der Waals surface area (Å²) in [5.74, 6) is -1.16. The van der Waals surface area contributed by atoms with E-state index in [9.17, 15) is 13.2 Å². The molecule has 0 heterocycles. The van der Waals surface area contributed by atoms with Crippen LogP contribution in [0.1, 0.15) is 6.92 Å². The number of thiocarbonyl (C=S) groups is 1. The van der Waals surface area contributed by atoms with Crippen LogP contribution in [0.15, 0.2) is 24.3 Å². The number of anilines is 1. The first kappa shape index (κ1) is 17.2. The van der Waals surface area contributed by atoms with Crippen LogP contribution in [0.25, 0.3) is 0 Å². The Morgan fingerprint density at radius 2 is 2.14 bits per heavy atom. The van der Waals surface area contributed by atoms with Gasteiger partial charge in [-0.2, -0.15) is 0 Å². The van der Waals surface area contributed by atoms with Crippen molar-refractivity contribution >= 4 is 38.9 Å². The molecule has 116 valence electrons. The Balaban J connectivity index is 2.71. The van der Waals surface area contributed by atoms with E-state index in [4.69, 9.17) is 10.5 Å². The standard InChI is InChI=1S/C12H16N2O5S2/c1-2-18-12(15)8-21(16,17)14-9-4-3-5-10(6-9)19-7-11(13)20/h3-6,14H,2,7-8H2,1H3,(H2,13,20). The third-order valence-electron chi connectivity index (χ3n) is 2.10. The van der Waals surface area contributed by atoms with E-state index >= 15 is 0 Å². The summed E-state index contributed by atoms with van der Waals surface area (Å²) in [6.07, 6.45) is 0. The number of ether oxygens (including phenoxy) is 2.